The van der Waals surface area contributed by atoms with Crippen LogP contribution in [0.25, 0.3) is 0 Å². The summed E-state index contributed by atoms with van der Waals surface area (Å²) in [4.78, 5) is 10.9. The van der Waals surface area contributed by atoms with Gasteiger partial charge in [0.1, 0.15) is 0 Å². The fourth-order valence-electron chi connectivity index (χ4n) is 2.48. The summed E-state index contributed by atoms with van der Waals surface area (Å²) in [6, 6.07) is 0. The van der Waals surface area contributed by atoms with Crippen LogP contribution in [0.4, 0.5) is 0 Å². The van der Waals surface area contributed by atoms with Gasteiger partial charge in [0.15, 0.2) is 0 Å². The van der Waals surface area contributed by atoms with E-state index in [4.69, 9.17) is 0 Å². The van der Waals surface area contributed by atoms with Gasteiger partial charge in [-0.1, -0.05) is 84.5 Å². The van der Waals surface area contributed by atoms with Crippen molar-refractivity contribution in [1.29, 1.82) is 0 Å². The second-order valence-electron chi connectivity index (χ2n) is 6.16. The van der Waals surface area contributed by atoms with Crippen molar-refractivity contribution >= 4 is 5.97 Å². The summed E-state index contributed by atoms with van der Waals surface area (Å²) in [5.74, 6) is 0.849. The Kier molecular flexibility index (Phi) is 14.5. The number of rotatable bonds is 14. The molecule has 0 saturated heterocycles. The SMILES string of the molecule is CC[C@H](C)CCCCCCCCCCCCC(=O)OC. The van der Waals surface area contributed by atoms with Gasteiger partial charge in [0.2, 0.25) is 0 Å². The summed E-state index contributed by atoms with van der Waals surface area (Å²) in [6.45, 7) is 4.65. The number of methoxy groups -OCH3 is 1. The van der Waals surface area contributed by atoms with E-state index < -0.39 is 0 Å². The lowest BCUT2D eigenvalue weighted by Gasteiger charge is -2.07. The van der Waals surface area contributed by atoms with E-state index >= 15 is 0 Å². The normalized spacial score (nSPS) is 12.3. The first-order chi connectivity index (χ1) is 9.70. The molecule has 0 radical (unpaired) electrons. The number of esters is 1. The van der Waals surface area contributed by atoms with Crippen molar-refractivity contribution in [3.8, 4) is 0 Å². The summed E-state index contributed by atoms with van der Waals surface area (Å²) in [5.41, 5.74) is 0. The highest BCUT2D eigenvalue weighted by Gasteiger charge is 2.00. The molecule has 0 heterocycles. The molecule has 0 amide bonds. The van der Waals surface area contributed by atoms with Crippen molar-refractivity contribution in [2.45, 2.75) is 97.3 Å². The third-order valence-electron chi connectivity index (χ3n) is 4.25. The molecule has 0 aliphatic rings. The molecule has 0 rings (SSSR count). The van der Waals surface area contributed by atoms with Gasteiger partial charge in [0.25, 0.3) is 0 Å². The van der Waals surface area contributed by atoms with Crippen LogP contribution in [0, 0.1) is 5.92 Å². The molecule has 0 unspecified atom stereocenters. The average molecular weight is 284 g/mol. The van der Waals surface area contributed by atoms with Crippen LogP contribution < -0.4 is 0 Å². The lowest BCUT2D eigenvalue weighted by atomic mass is 9.99. The van der Waals surface area contributed by atoms with Crippen molar-refractivity contribution in [3.05, 3.63) is 0 Å². The Morgan fingerprint density at radius 2 is 1.30 bits per heavy atom. The van der Waals surface area contributed by atoms with Crippen molar-refractivity contribution in [1.82, 2.24) is 0 Å². The molecule has 0 saturated carbocycles. The van der Waals surface area contributed by atoms with Crippen LogP contribution >= 0.6 is 0 Å². The Hall–Kier alpha value is -0.530. The minimum absolute atomic E-state index is 0.0672. The van der Waals surface area contributed by atoms with Crippen LogP contribution in [0.5, 0.6) is 0 Å². The number of unbranched alkanes of at least 4 members (excludes halogenated alkanes) is 9. The van der Waals surface area contributed by atoms with E-state index in [9.17, 15) is 4.79 Å². The average Bonchev–Trinajstić information content (AvgIpc) is 2.47. The number of hydrogen-bond acceptors (Lipinski definition) is 2. The fourth-order valence-corrected chi connectivity index (χ4v) is 2.48. The topological polar surface area (TPSA) is 26.3 Å². The van der Waals surface area contributed by atoms with Gasteiger partial charge in [0, 0.05) is 6.42 Å². The van der Waals surface area contributed by atoms with E-state index in [2.05, 4.69) is 18.6 Å². The maximum Gasteiger partial charge on any atom is 0.305 e. The Labute approximate surface area is 126 Å². The maximum atomic E-state index is 10.9. The molecule has 0 aromatic rings. The zero-order valence-corrected chi connectivity index (χ0v) is 14.1. The molecule has 120 valence electrons. The minimum Gasteiger partial charge on any atom is -0.469 e. The van der Waals surface area contributed by atoms with Crippen LogP contribution in [0.15, 0.2) is 0 Å². The van der Waals surface area contributed by atoms with Crippen molar-refractivity contribution < 1.29 is 9.53 Å². The monoisotopic (exact) mass is 284 g/mol. The molecule has 0 bridgehead atoms. The molecular weight excluding hydrogens is 248 g/mol. The highest BCUT2D eigenvalue weighted by atomic mass is 16.5. The summed E-state index contributed by atoms with van der Waals surface area (Å²) in [5, 5.41) is 0. The predicted molar refractivity (Wildman–Crippen MR) is 86.9 cm³/mol. The molecule has 0 aromatic carbocycles. The summed E-state index contributed by atoms with van der Waals surface area (Å²) < 4.78 is 4.62. The van der Waals surface area contributed by atoms with E-state index in [0.29, 0.717) is 6.42 Å². The molecule has 1 atom stereocenters. The fraction of sp³-hybridized carbons (Fsp3) is 0.944. The number of hydrogen-bond donors (Lipinski definition) is 0. The summed E-state index contributed by atoms with van der Waals surface area (Å²) in [6.07, 6.45) is 16.5. The quantitative estimate of drug-likeness (QED) is 0.294. The highest BCUT2D eigenvalue weighted by molar-refractivity contribution is 5.68. The van der Waals surface area contributed by atoms with Gasteiger partial charge in [-0.15, -0.1) is 0 Å². The Morgan fingerprint density at radius 1 is 0.850 bits per heavy atom. The third kappa shape index (κ3) is 13.9. The van der Waals surface area contributed by atoms with Gasteiger partial charge in [0.05, 0.1) is 7.11 Å². The molecule has 0 aliphatic heterocycles. The lowest BCUT2D eigenvalue weighted by molar-refractivity contribution is -0.140. The van der Waals surface area contributed by atoms with E-state index in [1.807, 2.05) is 0 Å². The Balaban J connectivity index is 3.04. The van der Waals surface area contributed by atoms with Crippen LogP contribution in [-0.4, -0.2) is 13.1 Å². The minimum atomic E-state index is -0.0672. The molecular formula is C18H36O2. The van der Waals surface area contributed by atoms with Crippen LogP contribution in [0.3, 0.4) is 0 Å². The van der Waals surface area contributed by atoms with Crippen LogP contribution in [0.1, 0.15) is 97.3 Å². The van der Waals surface area contributed by atoms with Gasteiger partial charge >= 0.3 is 5.97 Å². The molecule has 20 heavy (non-hydrogen) atoms. The second-order valence-corrected chi connectivity index (χ2v) is 6.16. The van der Waals surface area contributed by atoms with E-state index in [0.717, 1.165) is 12.3 Å². The number of carbonyl (C=O) groups is 1. The standard InChI is InChI=1S/C18H36O2/c1-4-17(2)15-13-11-9-7-5-6-8-10-12-14-16-18(19)20-3/h17H,4-16H2,1-3H3/t17-/m0/s1. The maximum absolute atomic E-state index is 10.9. The van der Waals surface area contributed by atoms with Crippen LogP contribution in [0.2, 0.25) is 0 Å². The zero-order valence-electron chi connectivity index (χ0n) is 14.1. The van der Waals surface area contributed by atoms with Crippen molar-refractivity contribution in [2.24, 2.45) is 5.92 Å². The first kappa shape index (κ1) is 19.5. The number of carbonyl (C=O) groups excluding carboxylic acids is 1. The molecule has 0 N–H and O–H groups in total. The lowest BCUT2D eigenvalue weighted by Crippen LogP contribution is -1.99. The van der Waals surface area contributed by atoms with Gasteiger partial charge in [-0.25, -0.2) is 0 Å². The van der Waals surface area contributed by atoms with Gasteiger partial charge in [-0.2, -0.15) is 0 Å². The molecule has 2 heteroatoms. The summed E-state index contributed by atoms with van der Waals surface area (Å²) >= 11 is 0. The van der Waals surface area contributed by atoms with Crippen LogP contribution in [-0.2, 0) is 9.53 Å². The second kappa shape index (κ2) is 14.9. The molecule has 0 spiro atoms. The third-order valence-corrected chi connectivity index (χ3v) is 4.25. The van der Waals surface area contributed by atoms with Gasteiger partial charge < -0.3 is 4.74 Å². The van der Waals surface area contributed by atoms with Gasteiger partial charge in [-0.05, 0) is 12.3 Å². The van der Waals surface area contributed by atoms with E-state index in [1.54, 1.807) is 0 Å². The smallest absolute Gasteiger partial charge is 0.305 e. The molecule has 0 aliphatic carbocycles. The molecule has 0 fully saturated rings. The highest BCUT2D eigenvalue weighted by Crippen LogP contribution is 2.15. The predicted octanol–water partition coefficient (Wildman–Crippen LogP) is 5.89. The largest absolute Gasteiger partial charge is 0.469 e. The summed E-state index contributed by atoms with van der Waals surface area (Å²) in [7, 11) is 1.46. The first-order valence-corrected chi connectivity index (χ1v) is 8.77. The van der Waals surface area contributed by atoms with Gasteiger partial charge in [-0.3, -0.25) is 4.79 Å². The van der Waals surface area contributed by atoms with E-state index in [-0.39, 0.29) is 5.97 Å². The van der Waals surface area contributed by atoms with E-state index in [1.165, 1.54) is 77.7 Å². The Bertz CT molecular complexity index is 213. The zero-order chi connectivity index (χ0) is 15.1. The Morgan fingerprint density at radius 3 is 1.75 bits per heavy atom. The van der Waals surface area contributed by atoms with Crippen molar-refractivity contribution in [2.75, 3.05) is 7.11 Å². The van der Waals surface area contributed by atoms with Crippen molar-refractivity contribution in [3.63, 3.8) is 0 Å². The first-order valence-electron chi connectivity index (χ1n) is 8.77. The number of ether oxygens (including phenoxy) is 1. The molecule has 0 aromatic heterocycles. The molecule has 2 nitrogen and oxygen atoms in total.